The molecule has 0 unspecified atom stereocenters. The van der Waals surface area contributed by atoms with Crippen LogP contribution in [0, 0.1) is 12.3 Å². The van der Waals surface area contributed by atoms with E-state index in [4.69, 9.17) is 33.0 Å². The summed E-state index contributed by atoms with van der Waals surface area (Å²) in [6, 6.07) is 1.18. The average Bonchev–Trinajstić information content (AvgIpc) is 2.81. The molecule has 36 heavy (non-hydrogen) atoms. The van der Waals surface area contributed by atoms with Gasteiger partial charge in [0.15, 0.2) is 0 Å². The van der Waals surface area contributed by atoms with Gasteiger partial charge in [-0.1, -0.05) is 0 Å². The zero-order chi connectivity index (χ0) is 27.2. The van der Waals surface area contributed by atoms with Gasteiger partial charge in [0, 0.05) is 0 Å². The summed E-state index contributed by atoms with van der Waals surface area (Å²) in [5.74, 6) is 0.146. The monoisotopic (exact) mass is 569 g/mol. The molecule has 0 bridgehead atoms. The molecule has 0 atom stereocenters. The van der Waals surface area contributed by atoms with Crippen molar-refractivity contribution in [3.05, 3.63) is 11.8 Å². The second-order valence-corrected chi connectivity index (χ2v) is 11.6. The first-order chi connectivity index (χ1) is 17.1. The molecule has 0 amide bonds. The summed E-state index contributed by atoms with van der Waals surface area (Å²) in [5.41, 5.74) is -0.0741. The van der Waals surface area contributed by atoms with E-state index in [0.29, 0.717) is 5.69 Å². The predicted molar refractivity (Wildman–Crippen MR) is 138 cm³/mol. The van der Waals surface area contributed by atoms with Gasteiger partial charge in [-0.2, -0.15) is 0 Å². The molecule has 1 aromatic rings. The molecule has 0 saturated carbocycles. The van der Waals surface area contributed by atoms with Crippen LogP contribution in [0.2, 0.25) is 0 Å². The van der Waals surface area contributed by atoms with Crippen molar-refractivity contribution in [2.45, 2.75) is 41.5 Å². The van der Waals surface area contributed by atoms with Crippen LogP contribution in [0.3, 0.4) is 0 Å². The average molecular weight is 569 g/mol. The molecule has 17 heteroatoms. The molecule has 0 saturated heterocycles. The van der Waals surface area contributed by atoms with Crippen LogP contribution in [0.5, 0.6) is 5.88 Å². The summed E-state index contributed by atoms with van der Waals surface area (Å²) < 4.78 is 56.2. The molecule has 0 aliphatic heterocycles. The fourth-order valence-corrected chi connectivity index (χ4v) is 5.72. The van der Waals surface area contributed by atoms with Crippen LogP contribution in [0.4, 0.5) is 0 Å². The van der Waals surface area contributed by atoms with Gasteiger partial charge in [-0.15, -0.1) is 0 Å². The Balaban J connectivity index is 3.01. The third-order valence-electron chi connectivity index (χ3n) is 3.90. The van der Waals surface area contributed by atoms with Crippen molar-refractivity contribution in [1.29, 1.82) is 5.41 Å². The number of rotatable bonds is 15. The first-order valence-electron chi connectivity index (χ1n) is 11.1. The van der Waals surface area contributed by atoms with Crippen molar-refractivity contribution in [2.24, 2.45) is 9.98 Å². The van der Waals surface area contributed by atoms with Crippen molar-refractivity contribution < 1.29 is 41.6 Å². The number of nitrogens with zero attached hydrogens (tertiary/aromatic N) is 4. The summed E-state index contributed by atoms with van der Waals surface area (Å²) in [5, 5.41) is 7.53. The van der Waals surface area contributed by atoms with Crippen LogP contribution in [-0.2, 0) is 32.0 Å². The van der Waals surface area contributed by atoms with Crippen LogP contribution in [0.1, 0.15) is 40.3 Å². The van der Waals surface area contributed by atoms with Gasteiger partial charge >= 0.3 is 185 Å². The van der Waals surface area contributed by atoms with Crippen LogP contribution >= 0.6 is 24.0 Å². The van der Waals surface area contributed by atoms with E-state index >= 15 is 0 Å². The van der Waals surface area contributed by atoms with Gasteiger partial charge in [0.05, 0.1) is 13.2 Å². The Morgan fingerprint density at radius 2 is 1.69 bits per heavy atom. The van der Waals surface area contributed by atoms with Crippen LogP contribution in [0.25, 0.3) is 0 Å². The minimum absolute atomic E-state index is 0.00935. The maximum atomic E-state index is 12.9. The number of ether oxygens (including phenoxy) is 2. The Morgan fingerprint density at radius 3 is 2.22 bits per heavy atom. The number of amidine groups is 2. The molecule has 0 fully saturated rings. The Labute approximate surface area is 212 Å². The molecule has 2 N–H and O–H groups in total. The van der Waals surface area contributed by atoms with Crippen molar-refractivity contribution >= 4 is 46.6 Å². The molecule has 14 nitrogen and oxygen atoms in total. The number of hydrogen-bond acceptors (Lipinski definition) is 12. The van der Waals surface area contributed by atoms with Gasteiger partial charge in [0.2, 0.25) is 0 Å². The zero-order valence-electron chi connectivity index (χ0n) is 21.2. The van der Waals surface area contributed by atoms with Gasteiger partial charge < -0.3 is 0 Å². The number of aryl methyl sites for hydroxylation is 1. The number of nitrogens with one attached hydrogen (secondary N) is 1. The SMILES string of the molecule is CCOP(=O)(OCC)/C(C)=N/C(=N\C(=N)P=O)OCCOc1cc(C)nc([PH](O)(OCC)OCC)n1. The van der Waals surface area contributed by atoms with Crippen LogP contribution < -0.4 is 10.3 Å². The Kier molecular flexibility index (Phi) is 14.5. The molecule has 1 aromatic heterocycles. The molecule has 204 valence electrons. The van der Waals surface area contributed by atoms with Gasteiger partial charge in [-0.3, -0.25) is 0 Å². The van der Waals surface area contributed by atoms with Crippen molar-refractivity contribution in [1.82, 2.24) is 9.97 Å². The summed E-state index contributed by atoms with van der Waals surface area (Å²) in [6.45, 7) is 10.3. The summed E-state index contributed by atoms with van der Waals surface area (Å²) >= 11 is 0. The van der Waals surface area contributed by atoms with Crippen molar-refractivity contribution in [3.8, 4) is 5.88 Å². The predicted octanol–water partition coefficient (Wildman–Crippen LogP) is 3.63. The second kappa shape index (κ2) is 16.2. The Hall–Kier alpha value is -1.75. The fraction of sp³-hybridized carbons (Fsp3) is 0.632. The van der Waals surface area contributed by atoms with Gasteiger partial charge in [-0.25, -0.2) is 0 Å². The summed E-state index contributed by atoms with van der Waals surface area (Å²) in [4.78, 5) is 26.9. The van der Waals surface area contributed by atoms with E-state index in [0.717, 1.165) is 0 Å². The van der Waals surface area contributed by atoms with Crippen molar-refractivity contribution in [2.75, 3.05) is 39.6 Å². The molecule has 1 heterocycles. The number of hydrogen-bond donors (Lipinski definition) is 2. The zero-order valence-corrected chi connectivity index (χ0v) is 24.0. The maximum absolute atomic E-state index is 12.9. The standard InChI is InChI=1S/C19H34N5O9P3/c1-7-30-35(26,31-8-2)15(6)22-18(24-17(20)34-25)29-12-11-28-16-13-14(5)21-19(23-16)36(27,32-9-3)33-10-4/h13,20,27,36H,7-12H2,1-6H3/b20-17?,22-15+,24-18+. The van der Waals surface area contributed by atoms with E-state index in [1.165, 1.54) is 6.92 Å². The molecule has 0 spiro atoms. The Morgan fingerprint density at radius 1 is 1.08 bits per heavy atom. The molecule has 0 aliphatic rings. The number of aromatic nitrogens is 2. The van der Waals surface area contributed by atoms with E-state index in [1.54, 1.807) is 40.7 Å². The van der Waals surface area contributed by atoms with Crippen molar-refractivity contribution in [3.63, 3.8) is 0 Å². The minimum atomic E-state index is -3.80. The van der Waals surface area contributed by atoms with E-state index in [9.17, 15) is 14.0 Å². The van der Waals surface area contributed by atoms with E-state index in [-0.39, 0.29) is 62.6 Å². The van der Waals surface area contributed by atoms with E-state index < -0.39 is 29.6 Å². The quantitative estimate of drug-likeness (QED) is 0.136. The summed E-state index contributed by atoms with van der Waals surface area (Å²) in [6.07, 6.45) is 0. The summed E-state index contributed by atoms with van der Waals surface area (Å²) in [7, 11) is -8.15. The first-order valence-corrected chi connectivity index (χ1v) is 15.3. The molecule has 0 aliphatic carbocycles. The molecule has 0 aromatic carbocycles. The first kappa shape index (κ1) is 32.3. The van der Waals surface area contributed by atoms with Crippen LogP contribution in [0.15, 0.2) is 16.1 Å². The van der Waals surface area contributed by atoms with E-state index in [1.807, 2.05) is 0 Å². The Bertz CT molecular complexity index is 977. The van der Waals surface area contributed by atoms with Gasteiger partial charge in [0.25, 0.3) is 0 Å². The molecular weight excluding hydrogens is 535 g/mol. The number of aliphatic imine (C=N–C) groups is 2. The molecule has 1 rings (SSSR count). The van der Waals surface area contributed by atoms with Gasteiger partial charge in [-0.05, 0) is 13.8 Å². The third-order valence-corrected chi connectivity index (χ3v) is 8.41. The normalized spacial score (nSPS) is 13.6. The van der Waals surface area contributed by atoms with Gasteiger partial charge in [0.1, 0.15) is 0 Å². The van der Waals surface area contributed by atoms with E-state index in [2.05, 4.69) is 20.0 Å². The second-order valence-electron chi connectivity index (χ2n) is 6.62. The fourth-order valence-electron chi connectivity index (χ4n) is 2.56. The molecule has 0 radical (unpaired) electrons. The topological polar surface area (TPSA) is 184 Å². The van der Waals surface area contributed by atoms with Crippen LogP contribution in [-0.4, -0.2) is 71.6 Å². The molecular formula is C19H34N5O9P3. The third kappa shape index (κ3) is 10.3.